The maximum absolute atomic E-state index is 12.9. The Morgan fingerprint density at radius 2 is 1.29 bits per heavy atom. The maximum Gasteiger partial charge on any atom is 0.410 e. The minimum atomic E-state index is -1.04. The summed E-state index contributed by atoms with van der Waals surface area (Å²) in [6.07, 6.45) is 6.15. The average molecular weight is 698 g/mol. The lowest BCUT2D eigenvalue weighted by Gasteiger charge is -2.43. The number of carboxylic acid groups (broad SMARTS) is 1. The van der Waals surface area contributed by atoms with Crippen LogP contribution in [-0.2, 0) is 26.8 Å². The Kier molecular flexibility index (Phi) is 14.7. The van der Waals surface area contributed by atoms with E-state index in [0.717, 1.165) is 62.0 Å². The van der Waals surface area contributed by atoms with Crippen molar-refractivity contribution in [2.45, 2.75) is 94.8 Å². The first kappa shape index (κ1) is 37.7. The van der Waals surface area contributed by atoms with E-state index in [-0.39, 0.29) is 31.1 Å². The van der Waals surface area contributed by atoms with E-state index >= 15 is 0 Å². The summed E-state index contributed by atoms with van der Waals surface area (Å²) in [4.78, 5) is 65.7. The lowest BCUT2D eigenvalue weighted by Crippen LogP contribution is -2.63. The number of benzene rings is 2. The highest BCUT2D eigenvalue weighted by molar-refractivity contribution is 6.17. The van der Waals surface area contributed by atoms with Gasteiger partial charge in [0.2, 0.25) is 11.8 Å². The fraction of sp³-hybridized carbons (Fsp3) is 0.528. The van der Waals surface area contributed by atoms with Gasteiger partial charge in [-0.25, -0.2) is 14.4 Å². The number of nitrogens with two attached hydrogens (primary N) is 1. The fourth-order valence-corrected chi connectivity index (χ4v) is 6.76. The third-order valence-electron chi connectivity index (χ3n) is 9.14. The van der Waals surface area contributed by atoms with Gasteiger partial charge in [0.15, 0.2) is 0 Å². The number of likely N-dealkylation sites (tertiary alicyclic amines) is 2. The van der Waals surface area contributed by atoms with Crippen molar-refractivity contribution in [3.63, 3.8) is 0 Å². The number of barbiturate groups is 1. The predicted molar refractivity (Wildman–Crippen MR) is 185 cm³/mol. The molecule has 266 valence electrons. The highest BCUT2D eigenvalue weighted by Gasteiger charge is 2.45. The van der Waals surface area contributed by atoms with Crippen LogP contribution < -0.4 is 5.73 Å². The van der Waals surface area contributed by atoms with Crippen molar-refractivity contribution in [2.24, 2.45) is 5.73 Å². The van der Waals surface area contributed by atoms with Crippen LogP contribution in [0.1, 0.15) is 75.3 Å². The Bertz CT molecular complexity index is 1390. The molecule has 1 aliphatic carbocycles. The van der Waals surface area contributed by atoms with E-state index in [1.807, 2.05) is 60.7 Å². The molecule has 2 aromatic carbocycles. The normalized spacial score (nSPS) is 21.6. The molecule has 3 N–H and O–H groups in total. The molecule has 0 spiro atoms. The summed E-state index contributed by atoms with van der Waals surface area (Å²) >= 11 is 5.53. The highest BCUT2D eigenvalue weighted by atomic mass is 35.5. The summed E-state index contributed by atoms with van der Waals surface area (Å²) in [5, 5.41) is 9.16. The van der Waals surface area contributed by atoms with Gasteiger partial charge in [0, 0.05) is 44.1 Å². The third kappa shape index (κ3) is 11.2. The Labute approximate surface area is 293 Å². The van der Waals surface area contributed by atoms with Crippen molar-refractivity contribution in [1.82, 2.24) is 19.6 Å². The summed E-state index contributed by atoms with van der Waals surface area (Å²) in [5.41, 5.74) is 8.00. The number of nitrogens with zero attached hydrogens (tertiary/aromatic N) is 4. The van der Waals surface area contributed by atoms with Gasteiger partial charge in [-0.3, -0.25) is 19.4 Å². The summed E-state index contributed by atoms with van der Waals surface area (Å²) in [6, 6.07) is 18.6. The van der Waals surface area contributed by atoms with Gasteiger partial charge >= 0.3 is 18.2 Å². The summed E-state index contributed by atoms with van der Waals surface area (Å²) in [6.45, 7) is 2.22. The van der Waals surface area contributed by atoms with Gasteiger partial charge in [0.05, 0.1) is 6.04 Å². The number of carbonyl (C=O) groups is 5. The number of piperidine rings is 2. The molecular formula is C36H48ClN5O7. The molecule has 6 amide bonds. The van der Waals surface area contributed by atoms with Crippen molar-refractivity contribution < 1.29 is 33.8 Å². The molecule has 12 nitrogen and oxygen atoms in total. The minimum Gasteiger partial charge on any atom is -0.465 e. The second kappa shape index (κ2) is 19.1. The van der Waals surface area contributed by atoms with Gasteiger partial charge in [-0.1, -0.05) is 79.9 Å². The molecule has 0 bridgehead atoms. The largest absolute Gasteiger partial charge is 0.465 e. The van der Waals surface area contributed by atoms with E-state index in [4.69, 9.17) is 27.2 Å². The number of halogens is 1. The van der Waals surface area contributed by atoms with Crippen molar-refractivity contribution in [3.05, 3.63) is 71.8 Å². The standard InChI is InChI=1S/C16H23N3O5.C13H18N2O2.C7H7Cl/c20-13-9-14(21)19(12-7-4-8-17(10-12)16(23)24)15(22)18(13)11-5-2-1-3-6-11;14-12-7-4-8-15(9-12)13(16)17-10-11-5-2-1-3-6-11;8-6-7-4-2-1-3-5-7/h11-12H,1-10H2,(H,23,24);1-3,5-6,12H,4,7-10,14H2;1-5H,6H2. The molecule has 2 unspecified atom stereocenters. The predicted octanol–water partition coefficient (Wildman–Crippen LogP) is 5.81. The van der Waals surface area contributed by atoms with Gasteiger partial charge in [0.1, 0.15) is 13.0 Å². The first-order chi connectivity index (χ1) is 23.7. The number of amides is 6. The molecule has 2 atom stereocenters. The molecule has 6 rings (SSSR count). The van der Waals surface area contributed by atoms with Gasteiger partial charge in [0.25, 0.3) is 0 Å². The lowest BCUT2D eigenvalue weighted by molar-refractivity contribution is -0.146. The van der Waals surface area contributed by atoms with Gasteiger partial charge in [-0.2, -0.15) is 0 Å². The Morgan fingerprint density at radius 3 is 1.86 bits per heavy atom. The molecule has 0 aromatic heterocycles. The number of hydrogen-bond acceptors (Lipinski definition) is 7. The van der Waals surface area contributed by atoms with Crippen LogP contribution in [0.15, 0.2) is 60.7 Å². The SMILES string of the molecule is ClCc1ccccc1.NC1CCCN(C(=O)OCc2ccccc2)C1.O=C(O)N1CCCC(N2C(=O)CC(=O)N(C3CCCCC3)C2=O)C1. The number of urea groups is 1. The van der Waals surface area contributed by atoms with Crippen LogP contribution >= 0.6 is 11.6 Å². The van der Waals surface area contributed by atoms with E-state index in [1.54, 1.807) is 4.90 Å². The van der Waals surface area contributed by atoms with Crippen molar-refractivity contribution in [3.8, 4) is 0 Å². The van der Waals surface area contributed by atoms with Crippen molar-refractivity contribution >= 4 is 41.6 Å². The zero-order valence-electron chi connectivity index (χ0n) is 28.0. The molecule has 13 heteroatoms. The van der Waals surface area contributed by atoms with Gasteiger partial charge in [-0.15, -0.1) is 11.6 Å². The first-order valence-corrected chi connectivity index (χ1v) is 17.7. The van der Waals surface area contributed by atoms with E-state index < -0.39 is 30.0 Å². The smallest absolute Gasteiger partial charge is 0.410 e. The van der Waals surface area contributed by atoms with Crippen LogP contribution in [0.3, 0.4) is 0 Å². The maximum atomic E-state index is 12.9. The molecule has 49 heavy (non-hydrogen) atoms. The van der Waals surface area contributed by atoms with Gasteiger partial charge < -0.3 is 25.4 Å². The number of carbonyl (C=O) groups excluding carboxylic acids is 4. The van der Waals surface area contributed by atoms with E-state index in [0.29, 0.717) is 38.4 Å². The molecule has 1 saturated carbocycles. The van der Waals surface area contributed by atoms with Crippen LogP contribution in [0, 0.1) is 0 Å². The number of hydrogen-bond donors (Lipinski definition) is 2. The lowest BCUT2D eigenvalue weighted by atomic mass is 9.93. The Morgan fingerprint density at radius 1 is 0.735 bits per heavy atom. The third-order valence-corrected chi connectivity index (χ3v) is 9.45. The van der Waals surface area contributed by atoms with Crippen molar-refractivity contribution in [1.29, 1.82) is 0 Å². The van der Waals surface area contributed by atoms with Crippen LogP contribution in [0.2, 0.25) is 0 Å². The Hall–Kier alpha value is -4.16. The summed E-state index contributed by atoms with van der Waals surface area (Å²) < 4.78 is 5.25. The van der Waals surface area contributed by atoms with Crippen LogP contribution in [-0.4, -0.2) is 99.0 Å². The van der Waals surface area contributed by atoms with E-state index in [2.05, 4.69) is 0 Å². The monoisotopic (exact) mass is 697 g/mol. The van der Waals surface area contributed by atoms with E-state index in [9.17, 15) is 24.0 Å². The molecule has 4 aliphatic rings. The number of imide groups is 2. The highest BCUT2D eigenvalue weighted by Crippen LogP contribution is 2.29. The van der Waals surface area contributed by atoms with Crippen molar-refractivity contribution in [2.75, 3.05) is 26.2 Å². The molecule has 4 fully saturated rings. The zero-order valence-corrected chi connectivity index (χ0v) is 28.7. The fourth-order valence-electron chi connectivity index (χ4n) is 6.58. The molecular weight excluding hydrogens is 650 g/mol. The quantitative estimate of drug-likeness (QED) is 0.293. The number of ether oxygens (including phenoxy) is 1. The topological polar surface area (TPSA) is 154 Å². The summed E-state index contributed by atoms with van der Waals surface area (Å²) in [7, 11) is 0. The molecule has 3 saturated heterocycles. The molecule has 0 radical (unpaired) electrons. The minimum absolute atomic E-state index is 0.0908. The second-order valence-electron chi connectivity index (χ2n) is 12.8. The summed E-state index contributed by atoms with van der Waals surface area (Å²) in [5.74, 6) is -0.311. The van der Waals surface area contributed by atoms with Crippen LogP contribution in [0.25, 0.3) is 0 Å². The molecule has 3 heterocycles. The zero-order chi connectivity index (χ0) is 35.2. The number of rotatable bonds is 5. The second-order valence-corrected chi connectivity index (χ2v) is 13.1. The van der Waals surface area contributed by atoms with Gasteiger partial charge in [-0.05, 0) is 49.7 Å². The average Bonchev–Trinajstić information content (AvgIpc) is 3.12. The van der Waals surface area contributed by atoms with E-state index in [1.165, 1.54) is 15.4 Å². The van der Waals surface area contributed by atoms with Crippen LogP contribution in [0.5, 0.6) is 0 Å². The first-order valence-electron chi connectivity index (χ1n) is 17.1. The van der Waals surface area contributed by atoms with Crippen LogP contribution in [0.4, 0.5) is 14.4 Å². The number of alkyl halides is 1. The Balaban J connectivity index is 0.000000187. The molecule has 3 aliphatic heterocycles. The molecule has 2 aromatic rings.